The minimum Gasteiger partial charge on any atom is -0.491 e. The Morgan fingerprint density at radius 1 is 1.26 bits per heavy atom. The molecule has 19 heavy (non-hydrogen) atoms. The van der Waals surface area contributed by atoms with Crippen LogP contribution in [0, 0.1) is 6.92 Å². The SMILES string of the molecule is Cc1cc(C(C)N)ccc1OCCOCC(F)(F)F. The van der Waals surface area contributed by atoms with Gasteiger partial charge in [0.15, 0.2) is 0 Å². The van der Waals surface area contributed by atoms with Gasteiger partial charge < -0.3 is 15.2 Å². The van der Waals surface area contributed by atoms with E-state index in [1.54, 1.807) is 6.07 Å². The third-order valence-corrected chi connectivity index (χ3v) is 2.48. The molecule has 0 radical (unpaired) electrons. The van der Waals surface area contributed by atoms with E-state index in [2.05, 4.69) is 4.74 Å². The van der Waals surface area contributed by atoms with Crippen molar-refractivity contribution in [3.05, 3.63) is 29.3 Å². The zero-order valence-corrected chi connectivity index (χ0v) is 11.0. The number of halogens is 3. The predicted octanol–water partition coefficient (Wildman–Crippen LogP) is 2.97. The molecule has 6 heteroatoms. The van der Waals surface area contributed by atoms with Crippen LogP contribution in [-0.4, -0.2) is 26.0 Å². The second-order valence-electron chi connectivity index (χ2n) is 4.33. The van der Waals surface area contributed by atoms with Gasteiger partial charge >= 0.3 is 6.18 Å². The molecule has 0 aromatic heterocycles. The van der Waals surface area contributed by atoms with Gasteiger partial charge in [-0.15, -0.1) is 0 Å². The fraction of sp³-hybridized carbons (Fsp3) is 0.538. The largest absolute Gasteiger partial charge is 0.491 e. The average molecular weight is 277 g/mol. The number of ether oxygens (including phenoxy) is 2. The van der Waals surface area contributed by atoms with Crippen LogP contribution in [0.2, 0.25) is 0 Å². The van der Waals surface area contributed by atoms with Crippen molar-refractivity contribution in [2.24, 2.45) is 5.73 Å². The van der Waals surface area contributed by atoms with Crippen LogP contribution in [0.4, 0.5) is 13.2 Å². The second-order valence-corrected chi connectivity index (χ2v) is 4.33. The van der Waals surface area contributed by atoms with E-state index in [-0.39, 0.29) is 19.3 Å². The molecule has 3 nitrogen and oxygen atoms in total. The predicted molar refractivity (Wildman–Crippen MR) is 66.2 cm³/mol. The minimum absolute atomic E-state index is 0.0668. The van der Waals surface area contributed by atoms with Crippen molar-refractivity contribution in [3.8, 4) is 5.75 Å². The van der Waals surface area contributed by atoms with Crippen LogP contribution in [0.5, 0.6) is 5.75 Å². The van der Waals surface area contributed by atoms with Crippen LogP contribution in [0.25, 0.3) is 0 Å². The van der Waals surface area contributed by atoms with Crippen molar-refractivity contribution in [3.63, 3.8) is 0 Å². The summed E-state index contributed by atoms with van der Waals surface area (Å²) >= 11 is 0. The molecule has 1 unspecified atom stereocenters. The van der Waals surface area contributed by atoms with Crippen molar-refractivity contribution in [1.29, 1.82) is 0 Å². The lowest BCUT2D eigenvalue weighted by molar-refractivity contribution is -0.175. The number of benzene rings is 1. The van der Waals surface area contributed by atoms with Gasteiger partial charge in [0, 0.05) is 6.04 Å². The summed E-state index contributed by atoms with van der Waals surface area (Å²) in [6, 6.07) is 5.43. The summed E-state index contributed by atoms with van der Waals surface area (Å²) in [5, 5.41) is 0. The number of aryl methyl sites for hydroxylation is 1. The second kappa shape index (κ2) is 6.77. The number of nitrogens with two attached hydrogens (primary N) is 1. The summed E-state index contributed by atoms with van der Waals surface area (Å²) in [4.78, 5) is 0. The Bertz CT molecular complexity index is 405. The fourth-order valence-electron chi connectivity index (χ4n) is 1.52. The van der Waals surface area contributed by atoms with E-state index in [4.69, 9.17) is 10.5 Å². The van der Waals surface area contributed by atoms with Crippen LogP contribution in [-0.2, 0) is 4.74 Å². The third-order valence-electron chi connectivity index (χ3n) is 2.48. The highest BCUT2D eigenvalue weighted by atomic mass is 19.4. The molecule has 108 valence electrons. The van der Waals surface area contributed by atoms with E-state index in [1.165, 1.54) is 0 Å². The van der Waals surface area contributed by atoms with E-state index in [0.29, 0.717) is 5.75 Å². The number of rotatable bonds is 6. The summed E-state index contributed by atoms with van der Waals surface area (Å²) in [6.07, 6.45) is -4.30. The molecule has 0 spiro atoms. The molecule has 0 heterocycles. The summed E-state index contributed by atoms with van der Waals surface area (Å²) in [7, 11) is 0. The lowest BCUT2D eigenvalue weighted by Crippen LogP contribution is -2.19. The van der Waals surface area contributed by atoms with Gasteiger partial charge in [-0.1, -0.05) is 12.1 Å². The molecular formula is C13H18F3NO2. The van der Waals surface area contributed by atoms with Crippen molar-refractivity contribution >= 4 is 0 Å². The van der Waals surface area contributed by atoms with Crippen molar-refractivity contribution in [1.82, 2.24) is 0 Å². The Morgan fingerprint density at radius 2 is 1.95 bits per heavy atom. The molecule has 0 fully saturated rings. The molecule has 0 aliphatic heterocycles. The molecular weight excluding hydrogens is 259 g/mol. The van der Waals surface area contributed by atoms with Crippen molar-refractivity contribution in [2.75, 3.05) is 19.8 Å². The molecule has 0 aliphatic carbocycles. The monoisotopic (exact) mass is 277 g/mol. The van der Waals surface area contributed by atoms with Crippen LogP contribution >= 0.6 is 0 Å². The van der Waals surface area contributed by atoms with Gasteiger partial charge in [0.25, 0.3) is 0 Å². The molecule has 1 rings (SSSR count). The van der Waals surface area contributed by atoms with Crippen LogP contribution in [0.3, 0.4) is 0 Å². The molecule has 0 amide bonds. The van der Waals surface area contributed by atoms with Crippen LogP contribution in [0.15, 0.2) is 18.2 Å². The van der Waals surface area contributed by atoms with E-state index >= 15 is 0 Å². The molecule has 1 aromatic carbocycles. The van der Waals surface area contributed by atoms with Crippen molar-refractivity contribution in [2.45, 2.75) is 26.1 Å². The standard InChI is InChI=1S/C13H18F3NO2/c1-9-7-11(10(2)17)3-4-12(9)19-6-5-18-8-13(14,15)16/h3-4,7,10H,5-6,8,17H2,1-2H3. The maximum atomic E-state index is 11.8. The zero-order valence-electron chi connectivity index (χ0n) is 11.0. The van der Waals surface area contributed by atoms with Gasteiger partial charge in [-0.2, -0.15) is 13.2 Å². The maximum absolute atomic E-state index is 11.8. The van der Waals surface area contributed by atoms with Gasteiger partial charge in [0.05, 0.1) is 6.61 Å². The quantitative estimate of drug-likeness (QED) is 0.813. The highest BCUT2D eigenvalue weighted by Crippen LogP contribution is 2.21. The first-order valence-electron chi connectivity index (χ1n) is 5.93. The van der Waals surface area contributed by atoms with Gasteiger partial charge in [-0.25, -0.2) is 0 Å². The minimum atomic E-state index is -4.30. The first-order valence-corrected chi connectivity index (χ1v) is 5.93. The molecule has 0 bridgehead atoms. The summed E-state index contributed by atoms with van der Waals surface area (Å²) < 4.78 is 45.2. The Labute approximate surface area is 110 Å². The average Bonchev–Trinajstić information content (AvgIpc) is 2.28. The smallest absolute Gasteiger partial charge is 0.411 e. The van der Waals surface area contributed by atoms with Gasteiger partial charge in [-0.3, -0.25) is 0 Å². The summed E-state index contributed by atoms with van der Waals surface area (Å²) in [6.45, 7) is 2.46. The topological polar surface area (TPSA) is 44.5 Å². The molecule has 0 saturated heterocycles. The van der Waals surface area contributed by atoms with E-state index in [0.717, 1.165) is 11.1 Å². The number of hydrogen-bond acceptors (Lipinski definition) is 3. The van der Waals surface area contributed by atoms with E-state index < -0.39 is 12.8 Å². The maximum Gasteiger partial charge on any atom is 0.411 e. The molecule has 0 saturated carbocycles. The third kappa shape index (κ3) is 5.94. The van der Waals surface area contributed by atoms with E-state index in [1.807, 2.05) is 26.0 Å². The Hall–Kier alpha value is -1.27. The van der Waals surface area contributed by atoms with Crippen molar-refractivity contribution < 1.29 is 22.6 Å². The Kier molecular flexibility index (Phi) is 5.62. The number of alkyl halides is 3. The first-order chi connectivity index (χ1) is 8.79. The Morgan fingerprint density at radius 3 is 2.47 bits per heavy atom. The van der Waals surface area contributed by atoms with Crippen LogP contribution < -0.4 is 10.5 Å². The number of hydrogen-bond donors (Lipinski definition) is 1. The summed E-state index contributed by atoms with van der Waals surface area (Å²) in [5.74, 6) is 0.625. The Balaban J connectivity index is 2.38. The summed E-state index contributed by atoms with van der Waals surface area (Å²) in [5.41, 5.74) is 7.62. The van der Waals surface area contributed by atoms with Gasteiger partial charge in [0.2, 0.25) is 0 Å². The molecule has 2 N–H and O–H groups in total. The van der Waals surface area contributed by atoms with Crippen LogP contribution in [0.1, 0.15) is 24.1 Å². The van der Waals surface area contributed by atoms with Gasteiger partial charge in [0.1, 0.15) is 19.0 Å². The lowest BCUT2D eigenvalue weighted by Gasteiger charge is -2.13. The zero-order chi connectivity index (χ0) is 14.5. The highest BCUT2D eigenvalue weighted by Gasteiger charge is 2.27. The normalized spacial score (nSPS) is 13.4. The van der Waals surface area contributed by atoms with E-state index in [9.17, 15) is 13.2 Å². The van der Waals surface area contributed by atoms with Gasteiger partial charge in [-0.05, 0) is 31.0 Å². The highest BCUT2D eigenvalue weighted by molar-refractivity contribution is 5.37. The fourth-order valence-corrected chi connectivity index (χ4v) is 1.52. The molecule has 1 aromatic rings. The first kappa shape index (κ1) is 15.8. The lowest BCUT2D eigenvalue weighted by atomic mass is 10.1. The molecule has 0 aliphatic rings. The molecule has 1 atom stereocenters.